The number of nitrogens with two attached hydrogens (primary N) is 1. The average Bonchev–Trinajstić information content (AvgIpc) is 2.81. The van der Waals surface area contributed by atoms with E-state index in [1.807, 2.05) is 13.1 Å². The van der Waals surface area contributed by atoms with Crippen molar-refractivity contribution < 1.29 is 4.74 Å². The third-order valence-corrected chi connectivity index (χ3v) is 4.44. The van der Waals surface area contributed by atoms with E-state index in [1.54, 1.807) is 11.3 Å². The molecule has 0 amide bonds. The van der Waals surface area contributed by atoms with Gasteiger partial charge in [-0.2, -0.15) is 0 Å². The van der Waals surface area contributed by atoms with Gasteiger partial charge in [0.15, 0.2) is 0 Å². The highest BCUT2D eigenvalue weighted by Gasteiger charge is 2.49. The van der Waals surface area contributed by atoms with Crippen LogP contribution in [0.2, 0.25) is 0 Å². The van der Waals surface area contributed by atoms with Gasteiger partial charge in [0.25, 0.3) is 0 Å². The van der Waals surface area contributed by atoms with Crippen LogP contribution < -0.4 is 5.73 Å². The third-order valence-electron chi connectivity index (χ3n) is 3.53. The highest BCUT2D eigenvalue weighted by Crippen LogP contribution is 2.42. The summed E-state index contributed by atoms with van der Waals surface area (Å²) in [5, 5.41) is 1.12. The summed E-state index contributed by atoms with van der Waals surface area (Å²) in [5.74, 6) is 0. The van der Waals surface area contributed by atoms with Crippen LogP contribution in [0.5, 0.6) is 0 Å². The number of rotatable bonds is 2. The molecular formula is C11H16N2OS. The van der Waals surface area contributed by atoms with Crippen LogP contribution in [0.4, 0.5) is 0 Å². The average molecular weight is 224 g/mol. The molecule has 2 aliphatic rings. The summed E-state index contributed by atoms with van der Waals surface area (Å²) < 4.78 is 5.83. The van der Waals surface area contributed by atoms with Gasteiger partial charge in [-0.3, -0.25) is 0 Å². The molecule has 4 heteroatoms. The van der Waals surface area contributed by atoms with Crippen molar-refractivity contribution in [2.75, 3.05) is 0 Å². The van der Waals surface area contributed by atoms with Gasteiger partial charge >= 0.3 is 0 Å². The van der Waals surface area contributed by atoms with Gasteiger partial charge in [-0.1, -0.05) is 0 Å². The van der Waals surface area contributed by atoms with Crippen LogP contribution in [0.3, 0.4) is 0 Å². The minimum Gasteiger partial charge on any atom is -0.373 e. The molecule has 3 rings (SSSR count). The van der Waals surface area contributed by atoms with Gasteiger partial charge in [0.1, 0.15) is 0 Å². The molecule has 3 unspecified atom stereocenters. The van der Waals surface area contributed by atoms with Gasteiger partial charge in [-0.15, -0.1) is 11.3 Å². The number of nitrogens with zero attached hydrogens (tertiary/aromatic N) is 1. The lowest BCUT2D eigenvalue weighted by molar-refractivity contribution is 0.0858. The summed E-state index contributed by atoms with van der Waals surface area (Å²) in [6.45, 7) is 2.04. The molecule has 0 aliphatic carbocycles. The number of aromatic nitrogens is 1. The Balaban J connectivity index is 1.77. The second kappa shape index (κ2) is 3.27. The Bertz CT molecular complexity index is 378. The van der Waals surface area contributed by atoms with Crippen LogP contribution in [0.1, 0.15) is 29.1 Å². The van der Waals surface area contributed by atoms with Crippen molar-refractivity contribution in [2.45, 2.75) is 50.4 Å². The number of hydrogen-bond donors (Lipinski definition) is 1. The second-order valence-electron chi connectivity index (χ2n) is 4.78. The molecule has 0 saturated carbocycles. The van der Waals surface area contributed by atoms with Gasteiger partial charge in [-0.05, 0) is 26.2 Å². The Labute approximate surface area is 93.7 Å². The number of ether oxygens (including phenoxy) is 1. The molecule has 0 spiro atoms. The Morgan fingerprint density at radius 1 is 1.67 bits per heavy atom. The predicted octanol–water partition coefficient (Wildman–Crippen LogP) is 1.64. The van der Waals surface area contributed by atoms with Crippen molar-refractivity contribution in [1.82, 2.24) is 4.98 Å². The fourth-order valence-electron chi connectivity index (χ4n) is 2.83. The number of aryl methyl sites for hydroxylation is 1. The lowest BCUT2D eigenvalue weighted by atomic mass is 9.80. The molecular weight excluding hydrogens is 208 g/mol. The van der Waals surface area contributed by atoms with E-state index >= 15 is 0 Å². The summed E-state index contributed by atoms with van der Waals surface area (Å²) >= 11 is 1.75. The monoisotopic (exact) mass is 224 g/mol. The smallest absolute Gasteiger partial charge is 0.0896 e. The van der Waals surface area contributed by atoms with Crippen molar-refractivity contribution in [3.63, 3.8) is 0 Å². The maximum Gasteiger partial charge on any atom is 0.0896 e. The van der Waals surface area contributed by atoms with Crippen molar-refractivity contribution in [2.24, 2.45) is 5.73 Å². The number of thiazole rings is 1. The van der Waals surface area contributed by atoms with Crippen LogP contribution in [0.25, 0.3) is 0 Å². The molecule has 3 atom stereocenters. The van der Waals surface area contributed by atoms with Crippen molar-refractivity contribution >= 4 is 11.3 Å². The van der Waals surface area contributed by atoms with E-state index in [4.69, 9.17) is 10.5 Å². The highest BCUT2D eigenvalue weighted by molar-refractivity contribution is 7.11. The normalized spacial score (nSPS) is 38.8. The van der Waals surface area contributed by atoms with E-state index in [0.717, 1.165) is 24.3 Å². The Morgan fingerprint density at radius 3 is 3.07 bits per heavy atom. The summed E-state index contributed by atoms with van der Waals surface area (Å²) in [6, 6.07) is 0. The zero-order chi connectivity index (χ0) is 10.5. The molecule has 82 valence electrons. The molecule has 3 heterocycles. The Kier molecular flexibility index (Phi) is 2.13. The Hall–Kier alpha value is -0.450. The van der Waals surface area contributed by atoms with Crippen LogP contribution in [-0.2, 0) is 11.2 Å². The SMILES string of the molecule is Cc1ncc(CC2(N)CC3CCC2O3)s1. The van der Waals surface area contributed by atoms with Gasteiger partial charge < -0.3 is 10.5 Å². The van der Waals surface area contributed by atoms with E-state index in [-0.39, 0.29) is 11.6 Å². The molecule has 3 nitrogen and oxygen atoms in total. The van der Waals surface area contributed by atoms with E-state index in [9.17, 15) is 0 Å². The number of hydrogen-bond acceptors (Lipinski definition) is 4. The molecule has 1 aromatic heterocycles. The van der Waals surface area contributed by atoms with Crippen molar-refractivity contribution in [3.05, 3.63) is 16.1 Å². The molecule has 2 N–H and O–H groups in total. The summed E-state index contributed by atoms with van der Waals surface area (Å²) in [5.41, 5.74) is 6.32. The first-order valence-electron chi connectivity index (χ1n) is 5.51. The molecule has 0 aromatic carbocycles. The second-order valence-corrected chi connectivity index (χ2v) is 6.10. The number of fused-ring (bicyclic) bond motifs is 2. The topological polar surface area (TPSA) is 48.1 Å². The predicted molar refractivity (Wildman–Crippen MR) is 60.0 cm³/mol. The van der Waals surface area contributed by atoms with E-state index < -0.39 is 0 Å². The minimum absolute atomic E-state index is 0.123. The largest absolute Gasteiger partial charge is 0.373 e. The molecule has 2 bridgehead atoms. The van der Waals surface area contributed by atoms with Crippen molar-refractivity contribution in [3.8, 4) is 0 Å². The zero-order valence-corrected chi connectivity index (χ0v) is 9.72. The van der Waals surface area contributed by atoms with Crippen molar-refractivity contribution in [1.29, 1.82) is 0 Å². The first kappa shape index (κ1) is 9.75. The summed E-state index contributed by atoms with van der Waals surface area (Å²) in [7, 11) is 0. The highest BCUT2D eigenvalue weighted by atomic mass is 32.1. The van der Waals surface area contributed by atoms with E-state index in [1.165, 1.54) is 11.3 Å². The van der Waals surface area contributed by atoms with Gasteiger partial charge in [-0.25, -0.2) is 4.98 Å². The van der Waals surface area contributed by atoms with Crippen LogP contribution in [0.15, 0.2) is 6.20 Å². The van der Waals surface area contributed by atoms with Crippen LogP contribution >= 0.6 is 11.3 Å². The Morgan fingerprint density at radius 2 is 2.53 bits per heavy atom. The van der Waals surface area contributed by atoms with E-state index in [0.29, 0.717) is 6.10 Å². The maximum atomic E-state index is 6.44. The summed E-state index contributed by atoms with van der Waals surface area (Å²) in [4.78, 5) is 5.57. The zero-order valence-electron chi connectivity index (χ0n) is 8.90. The lowest BCUT2D eigenvalue weighted by Gasteiger charge is -2.30. The quantitative estimate of drug-likeness (QED) is 0.831. The van der Waals surface area contributed by atoms with Gasteiger partial charge in [0.05, 0.1) is 17.2 Å². The van der Waals surface area contributed by atoms with Crippen LogP contribution in [0, 0.1) is 6.92 Å². The molecule has 1 aromatic rings. The standard InChI is InChI=1S/C11H16N2OS/c1-7-13-6-9(15-7)5-11(12)4-8-2-3-10(11)14-8/h6,8,10H,2-5,12H2,1H3. The van der Waals surface area contributed by atoms with E-state index in [2.05, 4.69) is 4.98 Å². The van der Waals surface area contributed by atoms with Gasteiger partial charge in [0, 0.05) is 23.0 Å². The minimum atomic E-state index is -0.123. The lowest BCUT2D eigenvalue weighted by Crippen LogP contribution is -2.50. The fourth-order valence-corrected chi connectivity index (χ4v) is 3.76. The first-order valence-corrected chi connectivity index (χ1v) is 6.33. The third kappa shape index (κ3) is 1.61. The molecule has 2 fully saturated rings. The molecule has 2 saturated heterocycles. The van der Waals surface area contributed by atoms with Crippen LogP contribution in [-0.4, -0.2) is 22.7 Å². The molecule has 2 aliphatic heterocycles. The van der Waals surface area contributed by atoms with Gasteiger partial charge in [0.2, 0.25) is 0 Å². The first-order chi connectivity index (χ1) is 7.16. The molecule has 0 radical (unpaired) electrons. The fraction of sp³-hybridized carbons (Fsp3) is 0.727. The molecule has 15 heavy (non-hydrogen) atoms. The maximum absolute atomic E-state index is 6.44. The summed E-state index contributed by atoms with van der Waals surface area (Å²) in [6.07, 6.45) is 6.96.